The number of aromatic nitrogens is 4. The number of fused-ring (bicyclic) bond motifs is 1. The highest BCUT2D eigenvalue weighted by Gasteiger charge is 2.24. The summed E-state index contributed by atoms with van der Waals surface area (Å²) in [5.74, 6) is 1.50. The molecule has 2 fully saturated rings. The second-order valence-corrected chi connectivity index (χ2v) is 7.92. The van der Waals surface area contributed by atoms with Gasteiger partial charge in [-0.1, -0.05) is 0 Å². The van der Waals surface area contributed by atoms with E-state index in [1.807, 2.05) is 12.3 Å². The quantitative estimate of drug-likeness (QED) is 0.800. The molecule has 154 valence electrons. The van der Waals surface area contributed by atoms with Crippen molar-refractivity contribution in [2.24, 2.45) is 0 Å². The van der Waals surface area contributed by atoms with Crippen LogP contribution in [0.15, 0.2) is 17.1 Å². The predicted molar refractivity (Wildman–Crippen MR) is 109 cm³/mol. The summed E-state index contributed by atoms with van der Waals surface area (Å²) < 4.78 is 5.42. The van der Waals surface area contributed by atoms with E-state index in [1.54, 1.807) is 0 Å². The fourth-order valence-corrected chi connectivity index (χ4v) is 4.31. The minimum Gasteiger partial charge on any atom is -0.378 e. The normalized spacial score (nSPS) is 20.1. The van der Waals surface area contributed by atoms with Crippen LogP contribution in [0.2, 0.25) is 0 Å². The monoisotopic (exact) mass is 397 g/mol. The van der Waals surface area contributed by atoms with Crippen molar-refractivity contribution in [2.75, 3.05) is 55.7 Å². The Bertz CT molecular complexity index is 919. The number of morpholine rings is 1. The lowest BCUT2D eigenvalue weighted by Crippen LogP contribution is -2.38. The summed E-state index contributed by atoms with van der Waals surface area (Å²) >= 11 is 0. The molecule has 9 nitrogen and oxygen atoms in total. The van der Waals surface area contributed by atoms with Gasteiger partial charge >= 0.3 is 0 Å². The Kier molecular flexibility index (Phi) is 5.15. The number of ether oxygens (including phenoxy) is 1. The molecule has 29 heavy (non-hydrogen) atoms. The molecule has 2 saturated heterocycles. The summed E-state index contributed by atoms with van der Waals surface area (Å²) in [5.41, 5.74) is 2.76. The number of anilines is 2. The molecule has 0 unspecified atom stereocenters. The molecule has 0 amide bonds. The maximum Gasteiger partial charge on any atom is 0.255 e. The summed E-state index contributed by atoms with van der Waals surface area (Å²) in [7, 11) is 0. The standard InChI is InChI=1S/C20H27N7O2/c28-18-16-4-8-25(14-17(16)23-20(24-18)26-6-1-2-7-26)13-15-3-5-21-19(22-15)27-9-11-29-12-10-27/h3,5H,1-2,4,6-14H2,(H,23,24,28). The van der Waals surface area contributed by atoms with Crippen LogP contribution in [0.5, 0.6) is 0 Å². The highest BCUT2D eigenvalue weighted by molar-refractivity contribution is 5.35. The second-order valence-electron chi connectivity index (χ2n) is 7.92. The van der Waals surface area contributed by atoms with Crippen LogP contribution in [0, 0.1) is 0 Å². The van der Waals surface area contributed by atoms with Crippen LogP contribution in [-0.4, -0.2) is 70.8 Å². The van der Waals surface area contributed by atoms with Crippen LogP contribution in [0.1, 0.15) is 29.8 Å². The minimum atomic E-state index is 0.0215. The largest absolute Gasteiger partial charge is 0.378 e. The lowest BCUT2D eigenvalue weighted by molar-refractivity contribution is 0.122. The van der Waals surface area contributed by atoms with Crippen molar-refractivity contribution in [3.63, 3.8) is 0 Å². The van der Waals surface area contributed by atoms with Crippen LogP contribution in [-0.2, 0) is 24.2 Å². The molecule has 9 heteroatoms. The van der Waals surface area contributed by atoms with E-state index in [4.69, 9.17) is 14.7 Å². The molecule has 0 radical (unpaired) electrons. The van der Waals surface area contributed by atoms with Gasteiger partial charge in [-0.2, -0.15) is 0 Å². The summed E-state index contributed by atoms with van der Waals surface area (Å²) in [6.45, 7) is 7.26. The molecule has 0 spiro atoms. The zero-order valence-electron chi connectivity index (χ0n) is 16.6. The SMILES string of the molecule is O=c1[nH]c(N2CCCC2)nc2c1CCN(Cc1ccnc(N3CCOCC3)n1)C2. The average Bonchev–Trinajstić information content (AvgIpc) is 3.29. The van der Waals surface area contributed by atoms with Crippen molar-refractivity contribution in [3.05, 3.63) is 39.6 Å². The molecule has 0 saturated carbocycles. The van der Waals surface area contributed by atoms with Crippen molar-refractivity contribution in [1.82, 2.24) is 24.8 Å². The molecule has 1 N–H and O–H groups in total. The molecular weight excluding hydrogens is 370 g/mol. The van der Waals surface area contributed by atoms with Gasteiger partial charge in [0.15, 0.2) is 0 Å². The van der Waals surface area contributed by atoms with Crippen molar-refractivity contribution >= 4 is 11.9 Å². The summed E-state index contributed by atoms with van der Waals surface area (Å²) in [6, 6.07) is 1.97. The number of nitrogens with zero attached hydrogens (tertiary/aromatic N) is 6. The third kappa shape index (κ3) is 3.97. The highest BCUT2D eigenvalue weighted by atomic mass is 16.5. The predicted octanol–water partition coefficient (Wildman–Crippen LogP) is 0.555. The van der Waals surface area contributed by atoms with E-state index in [9.17, 15) is 4.79 Å². The van der Waals surface area contributed by atoms with E-state index < -0.39 is 0 Å². The Hall–Kier alpha value is -2.52. The number of rotatable bonds is 4. The van der Waals surface area contributed by atoms with Gasteiger partial charge in [-0.15, -0.1) is 0 Å². The van der Waals surface area contributed by atoms with Crippen molar-refractivity contribution in [2.45, 2.75) is 32.4 Å². The molecule has 2 aromatic heterocycles. The zero-order valence-corrected chi connectivity index (χ0v) is 16.6. The first-order valence-corrected chi connectivity index (χ1v) is 10.5. The number of hydrogen-bond donors (Lipinski definition) is 1. The first-order valence-electron chi connectivity index (χ1n) is 10.5. The Morgan fingerprint density at radius 3 is 2.69 bits per heavy atom. The number of H-pyrrole nitrogens is 1. The number of aromatic amines is 1. The van der Waals surface area contributed by atoms with Gasteiger partial charge in [0.2, 0.25) is 11.9 Å². The molecule has 5 rings (SSSR count). The van der Waals surface area contributed by atoms with Gasteiger partial charge in [-0.25, -0.2) is 15.0 Å². The molecule has 0 aromatic carbocycles. The summed E-state index contributed by atoms with van der Waals surface area (Å²) in [4.78, 5) is 36.2. The molecule has 5 heterocycles. The maximum absolute atomic E-state index is 12.5. The first-order chi connectivity index (χ1) is 14.3. The van der Waals surface area contributed by atoms with Gasteiger partial charge in [0.1, 0.15) is 0 Å². The fourth-order valence-electron chi connectivity index (χ4n) is 4.31. The summed E-state index contributed by atoms with van der Waals surface area (Å²) in [5, 5.41) is 0. The van der Waals surface area contributed by atoms with E-state index in [0.29, 0.717) is 6.54 Å². The lowest BCUT2D eigenvalue weighted by Gasteiger charge is -2.29. The number of hydrogen-bond acceptors (Lipinski definition) is 8. The van der Waals surface area contributed by atoms with E-state index in [-0.39, 0.29) is 5.56 Å². The number of nitrogens with one attached hydrogen (secondary N) is 1. The second kappa shape index (κ2) is 8.08. The molecule has 2 aromatic rings. The van der Waals surface area contributed by atoms with E-state index >= 15 is 0 Å². The third-order valence-corrected chi connectivity index (χ3v) is 5.93. The van der Waals surface area contributed by atoms with Gasteiger partial charge in [0.05, 0.1) is 24.6 Å². The van der Waals surface area contributed by atoms with E-state index in [1.165, 1.54) is 0 Å². The Balaban J connectivity index is 1.31. The van der Waals surface area contributed by atoms with E-state index in [2.05, 4.69) is 24.7 Å². The maximum atomic E-state index is 12.5. The van der Waals surface area contributed by atoms with Crippen LogP contribution >= 0.6 is 0 Å². The molecule has 0 bridgehead atoms. The molecule has 3 aliphatic rings. The van der Waals surface area contributed by atoms with Crippen LogP contribution in [0.25, 0.3) is 0 Å². The first kappa shape index (κ1) is 18.5. The topological polar surface area (TPSA) is 90.5 Å². The third-order valence-electron chi connectivity index (χ3n) is 5.93. The Labute approximate surface area is 169 Å². The highest BCUT2D eigenvalue weighted by Crippen LogP contribution is 2.20. The van der Waals surface area contributed by atoms with E-state index in [0.717, 1.165) is 101 Å². The van der Waals surface area contributed by atoms with Gasteiger partial charge in [0, 0.05) is 57.6 Å². The Morgan fingerprint density at radius 1 is 1.03 bits per heavy atom. The lowest BCUT2D eigenvalue weighted by atomic mass is 10.1. The minimum absolute atomic E-state index is 0.0215. The Morgan fingerprint density at radius 2 is 1.86 bits per heavy atom. The fraction of sp³-hybridized carbons (Fsp3) is 0.600. The van der Waals surface area contributed by atoms with Crippen LogP contribution in [0.4, 0.5) is 11.9 Å². The summed E-state index contributed by atoms with van der Waals surface area (Å²) in [6.07, 6.45) is 4.87. The van der Waals surface area contributed by atoms with Crippen LogP contribution < -0.4 is 15.4 Å². The van der Waals surface area contributed by atoms with Crippen molar-refractivity contribution in [3.8, 4) is 0 Å². The zero-order chi connectivity index (χ0) is 19.6. The van der Waals surface area contributed by atoms with Crippen LogP contribution in [0.3, 0.4) is 0 Å². The van der Waals surface area contributed by atoms with Gasteiger partial charge < -0.3 is 14.5 Å². The average molecular weight is 397 g/mol. The van der Waals surface area contributed by atoms with Gasteiger partial charge in [0.25, 0.3) is 5.56 Å². The van der Waals surface area contributed by atoms with Crippen molar-refractivity contribution in [1.29, 1.82) is 0 Å². The van der Waals surface area contributed by atoms with Crippen molar-refractivity contribution < 1.29 is 4.74 Å². The van der Waals surface area contributed by atoms with Gasteiger partial charge in [-0.3, -0.25) is 14.7 Å². The molecule has 0 atom stereocenters. The molecule has 3 aliphatic heterocycles. The smallest absolute Gasteiger partial charge is 0.255 e. The molecule has 0 aliphatic carbocycles. The van der Waals surface area contributed by atoms with Gasteiger partial charge in [-0.05, 0) is 25.3 Å². The molecular formula is C20H27N7O2.